The predicted octanol–water partition coefficient (Wildman–Crippen LogP) is 2.17. The average Bonchev–Trinajstić information content (AvgIpc) is 2.59. The minimum atomic E-state index is 0.0473. The predicted molar refractivity (Wildman–Crippen MR) is 87.5 cm³/mol. The number of allylic oxidation sites excluding steroid dienone is 1. The lowest BCUT2D eigenvalue weighted by Crippen LogP contribution is -2.50. The Morgan fingerprint density at radius 1 is 1.36 bits per heavy atom. The number of aliphatic imine (C=N–C) groups is 1. The van der Waals surface area contributed by atoms with Crippen molar-refractivity contribution in [3.8, 4) is 0 Å². The highest BCUT2D eigenvalue weighted by molar-refractivity contribution is 5.77. The number of piperidine rings is 1. The first-order valence-electron chi connectivity index (χ1n) is 8.35. The van der Waals surface area contributed by atoms with Gasteiger partial charge < -0.3 is 15.4 Å². The summed E-state index contributed by atoms with van der Waals surface area (Å²) in [6.07, 6.45) is 5.71. The molecule has 1 atom stereocenters. The lowest BCUT2D eigenvalue weighted by molar-refractivity contribution is 0.0433. The third-order valence-electron chi connectivity index (χ3n) is 4.29. The number of carbonyl (C=O) groups is 1. The van der Waals surface area contributed by atoms with Crippen molar-refractivity contribution in [3.05, 3.63) is 11.5 Å². The van der Waals surface area contributed by atoms with E-state index in [2.05, 4.69) is 11.9 Å². The maximum atomic E-state index is 12.9. The van der Waals surface area contributed by atoms with E-state index in [1.54, 1.807) is 6.21 Å². The number of amides is 2. The maximum absolute atomic E-state index is 12.9. The van der Waals surface area contributed by atoms with Crippen molar-refractivity contribution in [3.63, 3.8) is 0 Å². The zero-order valence-corrected chi connectivity index (χ0v) is 13.8. The number of hydrogen-bond acceptors (Lipinski definition) is 4. The largest absolute Gasteiger partial charge is 0.382 e. The van der Waals surface area contributed by atoms with Gasteiger partial charge in [-0.25, -0.2) is 9.79 Å². The minimum Gasteiger partial charge on any atom is -0.382 e. The third-order valence-corrected chi connectivity index (χ3v) is 4.29. The van der Waals surface area contributed by atoms with Gasteiger partial charge in [-0.1, -0.05) is 13.8 Å². The van der Waals surface area contributed by atoms with Crippen LogP contribution in [0.1, 0.15) is 39.5 Å². The monoisotopic (exact) mass is 308 g/mol. The van der Waals surface area contributed by atoms with E-state index in [0.29, 0.717) is 38.0 Å². The molecule has 0 radical (unpaired) electrons. The molecule has 0 aromatic carbocycles. The summed E-state index contributed by atoms with van der Waals surface area (Å²) < 4.78 is 5.33. The van der Waals surface area contributed by atoms with Crippen molar-refractivity contribution in [1.29, 1.82) is 0 Å². The molecule has 22 heavy (non-hydrogen) atoms. The Kier molecular flexibility index (Phi) is 6.24. The molecule has 0 bridgehead atoms. The number of rotatable bonds is 3. The molecule has 2 rings (SSSR count). The molecule has 0 spiro atoms. The van der Waals surface area contributed by atoms with Crippen molar-refractivity contribution in [2.75, 3.05) is 32.8 Å². The molecule has 2 amide bonds. The van der Waals surface area contributed by atoms with E-state index < -0.39 is 0 Å². The first-order valence-corrected chi connectivity index (χ1v) is 8.35. The zero-order chi connectivity index (χ0) is 15.9. The van der Waals surface area contributed by atoms with Crippen LogP contribution in [0, 0.1) is 5.92 Å². The molecular weight excluding hydrogens is 280 g/mol. The zero-order valence-electron chi connectivity index (χ0n) is 13.8. The topological polar surface area (TPSA) is 71.2 Å². The van der Waals surface area contributed by atoms with E-state index in [1.165, 1.54) is 0 Å². The Morgan fingerprint density at radius 2 is 2.09 bits per heavy atom. The molecule has 2 N–H and O–H groups in total. The Morgan fingerprint density at radius 3 is 2.73 bits per heavy atom. The molecule has 0 aromatic rings. The number of nitrogens with zero attached hydrogens (tertiary/aromatic N) is 3. The second kappa shape index (κ2) is 8.17. The van der Waals surface area contributed by atoms with Crippen LogP contribution in [0.15, 0.2) is 16.5 Å². The highest BCUT2D eigenvalue weighted by Crippen LogP contribution is 2.32. The molecule has 2 aliphatic rings. The molecular formula is C16H28N4O2. The Balaban J connectivity index is 2.25. The summed E-state index contributed by atoms with van der Waals surface area (Å²) in [4.78, 5) is 20.9. The summed E-state index contributed by atoms with van der Waals surface area (Å²) in [5.74, 6) is 0.808. The van der Waals surface area contributed by atoms with Crippen LogP contribution in [0.5, 0.6) is 0 Å². The first kappa shape index (κ1) is 16.8. The Bertz CT molecular complexity index is 441. The van der Waals surface area contributed by atoms with Gasteiger partial charge in [0.1, 0.15) is 5.82 Å². The number of ether oxygens (including phenoxy) is 1. The van der Waals surface area contributed by atoms with Crippen molar-refractivity contribution in [2.24, 2.45) is 16.6 Å². The van der Waals surface area contributed by atoms with Crippen molar-refractivity contribution >= 4 is 12.2 Å². The van der Waals surface area contributed by atoms with Gasteiger partial charge in [0, 0.05) is 31.8 Å². The van der Waals surface area contributed by atoms with Crippen LogP contribution in [0.3, 0.4) is 0 Å². The smallest absolute Gasteiger partial charge is 0.324 e. The number of morpholine rings is 1. The standard InChI is InChI=1S/C16H28N4O2/c1-3-7-18-15(17)14-13(4-2)6-5-8-20(14)16(21)19-9-11-22-12-10-19/h7,13H,3-6,8-12,17H2,1-2H3/b15-14?,18-7-/t13-/m0/s1. The van der Waals surface area contributed by atoms with Crippen LogP contribution >= 0.6 is 0 Å². The Labute approximate surface area is 133 Å². The van der Waals surface area contributed by atoms with Gasteiger partial charge in [-0.2, -0.15) is 0 Å². The fourth-order valence-corrected chi connectivity index (χ4v) is 3.10. The van der Waals surface area contributed by atoms with E-state index in [0.717, 1.165) is 37.9 Å². The SMILES string of the molecule is CC/C=N\C(N)=C1[C@@H](CC)CCCN1C(=O)N1CCOCC1. The molecule has 0 saturated carbocycles. The molecule has 0 unspecified atom stereocenters. The van der Waals surface area contributed by atoms with Crippen LogP contribution < -0.4 is 5.73 Å². The number of hydrogen-bond donors (Lipinski definition) is 1. The van der Waals surface area contributed by atoms with Gasteiger partial charge in [-0.3, -0.25) is 4.90 Å². The molecule has 6 nitrogen and oxygen atoms in total. The lowest BCUT2D eigenvalue weighted by Gasteiger charge is -2.39. The number of urea groups is 1. The normalized spacial score (nSPS) is 25.6. The number of nitrogens with two attached hydrogens (primary N) is 1. The fourth-order valence-electron chi connectivity index (χ4n) is 3.10. The second-order valence-electron chi connectivity index (χ2n) is 5.77. The maximum Gasteiger partial charge on any atom is 0.324 e. The molecule has 6 heteroatoms. The number of carbonyl (C=O) groups excluding carboxylic acids is 1. The fraction of sp³-hybridized carbons (Fsp3) is 0.750. The summed E-state index contributed by atoms with van der Waals surface area (Å²) in [5.41, 5.74) is 7.11. The van der Waals surface area contributed by atoms with E-state index in [4.69, 9.17) is 10.5 Å². The van der Waals surface area contributed by atoms with Gasteiger partial charge in [-0.15, -0.1) is 0 Å². The molecule has 0 aliphatic carbocycles. The van der Waals surface area contributed by atoms with Crippen LogP contribution in [0.4, 0.5) is 4.79 Å². The highest BCUT2D eigenvalue weighted by atomic mass is 16.5. The van der Waals surface area contributed by atoms with E-state index in [1.807, 2.05) is 16.7 Å². The summed E-state index contributed by atoms with van der Waals surface area (Å²) in [6.45, 7) is 7.42. The average molecular weight is 308 g/mol. The van der Waals surface area contributed by atoms with Crippen LogP contribution in [0.2, 0.25) is 0 Å². The second-order valence-corrected chi connectivity index (χ2v) is 5.77. The molecule has 2 saturated heterocycles. The van der Waals surface area contributed by atoms with Gasteiger partial charge in [0.25, 0.3) is 0 Å². The summed E-state index contributed by atoms with van der Waals surface area (Å²) >= 11 is 0. The molecule has 2 heterocycles. The summed E-state index contributed by atoms with van der Waals surface area (Å²) in [5, 5.41) is 0. The molecule has 2 fully saturated rings. The van der Waals surface area contributed by atoms with Crippen LogP contribution in [0.25, 0.3) is 0 Å². The first-order chi connectivity index (χ1) is 10.7. The number of likely N-dealkylation sites (tertiary alicyclic amines) is 1. The highest BCUT2D eigenvalue weighted by Gasteiger charge is 2.33. The third kappa shape index (κ3) is 3.80. The van der Waals surface area contributed by atoms with Crippen LogP contribution in [-0.4, -0.2) is 54.9 Å². The van der Waals surface area contributed by atoms with Crippen molar-refractivity contribution in [2.45, 2.75) is 39.5 Å². The van der Waals surface area contributed by atoms with E-state index in [-0.39, 0.29) is 6.03 Å². The van der Waals surface area contributed by atoms with E-state index >= 15 is 0 Å². The summed E-state index contributed by atoms with van der Waals surface area (Å²) in [6, 6.07) is 0.0473. The van der Waals surface area contributed by atoms with Crippen LogP contribution in [-0.2, 0) is 4.74 Å². The Hall–Kier alpha value is -1.56. The van der Waals surface area contributed by atoms with Gasteiger partial charge in [0.05, 0.1) is 18.9 Å². The quantitative estimate of drug-likeness (QED) is 0.812. The molecule has 0 aromatic heterocycles. The minimum absolute atomic E-state index is 0.0473. The molecule has 2 aliphatic heterocycles. The van der Waals surface area contributed by atoms with Crippen molar-refractivity contribution in [1.82, 2.24) is 9.80 Å². The molecule has 124 valence electrons. The van der Waals surface area contributed by atoms with Gasteiger partial charge in [0.2, 0.25) is 0 Å². The van der Waals surface area contributed by atoms with Crippen molar-refractivity contribution < 1.29 is 9.53 Å². The van der Waals surface area contributed by atoms with E-state index in [9.17, 15) is 4.79 Å². The van der Waals surface area contributed by atoms with Gasteiger partial charge in [-0.05, 0) is 25.7 Å². The van der Waals surface area contributed by atoms with Gasteiger partial charge >= 0.3 is 6.03 Å². The summed E-state index contributed by atoms with van der Waals surface area (Å²) in [7, 11) is 0. The van der Waals surface area contributed by atoms with Gasteiger partial charge in [0.15, 0.2) is 0 Å². The lowest BCUT2D eigenvalue weighted by atomic mass is 9.91.